The van der Waals surface area contributed by atoms with Crippen LogP contribution in [0.2, 0.25) is 0 Å². The van der Waals surface area contributed by atoms with E-state index in [1.807, 2.05) is 0 Å². The summed E-state index contributed by atoms with van der Waals surface area (Å²) in [4.78, 5) is 11.5. The fourth-order valence-electron chi connectivity index (χ4n) is 2.13. The quantitative estimate of drug-likeness (QED) is 0.550. The van der Waals surface area contributed by atoms with Gasteiger partial charge < -0.3 is 14.2 Å². The van der Waals surface area contributed by atoms with Crippen LogP contribution in [0.25, 0.3) is 12.2 Å². The summed E-state index contributed by atoms with van der Waals surface area (Å²) in [7, 11) is 4.20. The Labute approximate surface area is 148 Å². The molecule has 2 rings (SSSR count). The van der Waals surface area contributed by atoms with Gasteiger partial charge in [0, 0.05) is 4.47 Å². The Bertz CT molecular complexity index is 787. The standard InChI is InChI=1S/C18H16BrFO4/c1-22-15-8-9-16(23-2)17(20)13(15)7-6-11-4-5-12(10-14(11)19)18(21)24-3/h4-10H,1-3H3/b7-6+. The monoisotopic (exact) mass is 394 g/mol. The second kappa shape index (κ2) is 7.97. The molecule has 2 aromatic rings. The van der Waals surface area contributed by atoms with Crippen LogP contribution in [0.1, 0.15) is 21.5 Å². The van der Waals surface area contributed by atoms with E-state index in [1.54, 1.807) is 36.4 Å². The van der Waals surface area contributed by atoms with Crippen molar-refractivity contribution < 1.29 is 23.4 Å². The molecule has 0 aliphatic rings. The molecule has 0 bridgehead atoms. The van der Waals surface area contributed by atoms with Gasteiger partial charge in [-0.25, -0.2) is 9.18 Å². The largest absolute Gasteiger partial charge is 0.496 e. The van der Waals surface area contributed by atoms with E-state index in [-0.39, 0.29) is 11.3 Å². The summed E-state index contributed by atoms with van der Waals surface area (Å²) in [6.45, 7) is 0. The number of hydrogen-bond donors (Lipinski definition) is 0. The Kier molecular flexibility index (Phi) is 5.98. The molecule has 4 nitrogen and oxygen atoms in total. The number of esters is 1. The molecule has 6 heteroatoms. The lowest BCUT2D eigenvalue weighted by atomic mass is 10.1. The molecule has 2 aromatic carbocycles. The van der Waals surface area contributed by atoms with Crippen LogP contribution in [0.5, 0.6) is 11.5 Å². The summed E-state index contributed by atoms with van der Waals surface area (Å²) >= 11 is 3.39. The molecular formula is C18H16BrFO4. The minimum absolute atomic E-state index is 0.135. The van der Waals surface area contributed by atoms with Crippen molar-refractivity contribution in [3.05, 3.63) is 57.3 Å². The van der Waals surface area contributed by atoms with Crippen LogP contribution in [0.3, 0.4) is 0 Å². The molecule has 0 spiro atoms. The van der Waals surface area contributed by atoms with E-state index in [0.29, 0.717) is 15.8 Å². The van der Waals surface area contributed by atoms with Crippen LogP contribution >= 0.6 is 15.9 Å². The Morgan fingerprint density at radius 2 is 1.71 bits per heavy atom. The SMILES string of the molecule is COC(=O)c1ccc(/C=C/c2c(OC)ccc(OC)c2F)c(Br)c1. The topological polar surface area (TPSA) is 44.8 Å². The Balaban J connectivity index is 2.39. The zero-order valence-electron chi connectivity index (χ0n) is 13.4. The van der Waals surface area contributed by atoms with Crippen molar-refractivity contribution in [2.24, 2.45) is 0 Å². The van der Waals surface area contributed by atoms with Crippen molar-refractivity contribution in [2.75, 3.05) is 21.3 Å². The molecule has 126 valence electrons. The number of halogens is 2. The summed E-state index contributed by atoms with van der Waals surface area (Å²) < 4.78 is 29.9. The number of methoxy groups -OCH3 is 3. The van der Waals surface area contributed by atoms with Crippen LogP contribution < -0.4 is 9.47 Å². The molecule has 0 N–H and O–H groups in total. The molecule has 0 aliphatic heterocycles. The van der Waals surface area contributed by atoms with Gasteiger partial charge in [-0.1, -0.05) is 28.1 Å². The molecule has 0 saturated carbocycles. The molecule has 0 fully saturated rings. The molecule has 0 aromatic heterocycles. The zero-order valence-corrected chi connectivity index (χ0v) is 15.0. The molecule has 0 aliphatic carbocycles. The molecule has 0 saturated heterocycles. The lowest BCUT2D eigenvalue weighted by molar-refractivity contribution is 0.0600. The van der Waals surface area contributed by atoms with E-state index in [4.69, 9.17) is 9.47 Å². The van der Waals surface area contributed by atoms with Crippen LogP contribution in [0.4, 0.5) is 4.39 Å². The highest BCUT2D eigenvalue weighted by Crippen LogP contribution is 2.31. The highest BCUT2D eigenvalue weighted by molar-refractivity contribution is 9.10. The van der Waals surface area contributed by atoms with E-state index >= 15 is 0 Å². The molecular weight excluding hydrogens is 379 g/mol. The van der Waals surface area contributed by atoms with Crippen LogP contribution in [-0.2, 0) is 4.74 Å². The van der Waals surface area contributed by atoms with Crippen molar-refractivity contribution in [1.29, 1.82) is 0 Å². The molecule has 0 unspecified atom stereocenters. The third-order valence-electron chi connectivity index (χ3n) is 3.40. The van der Waals surface area contributed by atoms with Gasteiger partial charge in [-0.3, -0.25) is 0 Å². The van der Waals surface area contributed by atoms with E-state index in [0.717, 1.165) is 5.56 Å². The smallest absolute Gasteiger partial charge is 0.337 e. The molecule has 0 heterocycles. The fourth-order valence-corrected chi connectivity index (χ4v) is 2.64. The first-order valence-electron chi connectivity index (χ1n) is 6.98. The second-order valence-electron chi connectivity index (χ2n) is 4.76. The second-order valence-corrected chi connectivity index (χ2v) is 5.61. The van der Waals surface area contributed by atoms with Gasteiger partial charge in [-0.15, -0.1) is 0 Å². The predicted octanol–water partition coefficient (Wildman–Crippen LogP) is 4.56. The molecule has 0 atom stereocenters. The normalized spacial score (nSPS) is 10.7. The average molecular weight is 395 g/mol. The number of hydrogen-bond acceptors (Lipinski definition) is 4. The van der Waals surface area contributed by atoms with Crippen molar-refractivity contribution in [2.45, 2.75) is 0 Å². The number of ether oxygens (including phenoxy) is 3. The zero-order chi connectivity index (χ0) is 17.7. The van der Waals surface area contributed by atoms with E-state index in [2.05, 4.69) is 20.7 Å². The first-order chi connectivity index (χ1) is 11.5. The van der Waals surface area contributed by atoms with Gasteiger partial charge in [-0.05, 0) is 35.9 Å². The number of carbonyl (C=O) groups is 1. The van der Waals surface area contributed by atoms with Crippen LogP contribution in [0, 0.1) is 5.82 Å². The van der Waals surface area contributed by atoms with Gasteiger partial charge in [-0.2, -0.15) is 0 Å². The van der Waals surface area contributed by atoms with Gasteiger partial charge in [0.2, 0.25) is 0 Å². The average Bonchev–Trinajstić information content (AvgIpc) is 2.60. The minimum atomic E-state index is -0.504. The Morgan fingerprint density at radius 3 is 2.29 bits per heavy atom. The summed E-state index contributed by atoms with van der Waals surface area (Å²) in [5, 5.41) is 0. The van der Waals surface area contributed by atoms with Gasteiger partial charge in [0.05, 0.1) is 32.5 Å². The third-order valence-corrected chi connectivity index (χ3v) is 4.08. The lowest BCUT2D eigenvalue weighted by Crippen LogP contribution is -2.00. The summed E-state index contributed by atoms with van der Waals surface area (Å²) in [5.41, 5.74) is 1.47. The summed E-state index contributed by atoms with van der Waals surface area (Å²) in [5.74, 6) is -0.399. The first-order valence-corrected chi connectivity index (χ1v) is 7.77. The molecule has 0 radical (unpaired) electrons. The van der Waals surface area contributed by atoms with Crippen molar-refractivity contribution >= 4 is 34.1 Å². The number of rotatable bonds is 5. The Morgan fingerprint density at radius 1 is 1.04 bits per heavy atom. The van der Waals surface area contributed by atoms with E-state index in [1.165, 1.54) is 27.4 Å². The highest BCUT2D eigenvalue weighted by Gasteiger charge is 2.13. The van der Waals surface area contributed by atoms with Crippen molar-refractivity contribution in [3.8, 4) is 11.5 Å². The van der Waals surface area contributed by atoms with Crippen molar-refractivity contribution in [1.82, 2.24) is 0 Å². The first kappa shape index (κ1) is 18.0. The Hall–Kier alpha value is -2.34. The minimum Gasteiger partial charge on any atom is -0.496 e. The van der Waals surface area contributed by atoms with E-state index < -0.39 is 11.8 Å². The maximum absolute atomic E-state index is 14.4. The summed E-state index contributed by atoms with van der Waals surface area (Å²) in [6.07, 6.45) is 3.31. The number of benzene rings is 2. The molecule has 0 amide bonds. The van der Waals surface area contributed by atoms with E-state index in [9.17, 15) is 9.18 Å². The molecule has 24 heavy (non-hydrogen) atoms. The van der Waals surface area contributed by atoms with Crippen LogP contribution in [-0.4, -0.2) is 27.3 Å². The van der Waals surface area contributed by atoms with Gasteiger partial charge in [0.25, 0.3) is 0 Å². The maximum atomic E-state index is 14.4. The fraction of sp³-hybridized carbons (Fsp3) is 0.167. The maximum Gasteiger partial charge on any atom is 0.337 e. The third kappa shape index (κ3) is 3.76. The van der Waals surface area contributed by atoms with Crippen LogP contribution in [0.15, 0.2) is 34.8 Å². The number of carbonyl (C=O) groups excluding carboxylic acids is 1. The predicted molar refractivity (Wildman–Crippen MR) is 93.9 cm³/mol. The van der Waals surface area contributed by atoms with Crippen molar-refractivity contribution in [3.63, 3.8) is 0 Å². The summed E-state index contributed by atoms with van der Waals surface area (Å²) in [6, 6.07) is 8.15. The van der Waals surface area contributed by atoms with Gasteiger partial charge >= 0.3 is 5.97 Å². The van der Waals surface area contributed by atoms with Gasteiger partial charge in [0.15, 0.2) is 11.6 Å². The van der Waals surface area contributed by atoms with Gasteiger partial charge in [0.1, 0.15) is 5.75 Å². The highest BCUT2D eigenvalue weighted by atomic mass is 79.9. The lowest BCUT2D eigenvalue weighted by Gasteiger charge is -2.09.